The van der Waals surface area contributed by atoms with Gasteiger partial charge >= 0.3 is 0 Å². The van der Waals surface area contributed by atoms with Crippen LogP contribution in [0.25, 0.3) is 0 Å². The van der Waals surface area contributed by atoms with Gasteiger partial charge < -0.3 is 10.1 Å². The molecule has 21 heavy (non-hydrogen) atoms. The Kier molecular flexibility index (Phi) is 5.44. The van der Waals surface area contributed by atoms with Crippen molar-refractivity contribution in [1.82, 2.24) is 9.97 Å². The molecule has 110 valence electrons. The standard InChI is InChI=1S/C13H11BrClN3O2S/c1-20-10-4-3-7(5-9(10)15)17-12(19)11-8(14)6-16-13(18-11)21-2/h3-6H,1-2H3,(H,17,19). The van der Waals surface area contributed by atoms with Crippen molar-refractivity contribution in [2.45, 2.75) is 5.16 Å². The summed E-state index contributed by atoms with van der Waals surface area (Å²) in [6.07, 6.45) is 3.39. The van der Waals surface area contributed by atoms with Gasteiger partial charge in [-0.3, -0.25) is 4.79 Å². The van der Waals surface area contributed by atoms with Crippen molar-refractivity contribution in [1.29, 1.82) is 0 Å². The minimum absolute atomic E-state index is 0.265. The molecule has 0 saturated heterocycles. The number of methoxy groups -OCH3 is 1. The Hall–Kier alpha value is -1.31. The Bertz CT molecular complexity index is 684. The summed E-state index contributed by atoms with van der Waals surface area (Å²) in [5.74, 6) is 0.198. The normalized spacial score (nSPS) is 10.3. The van der Waals surface area contributed by atoms with Crippen molar-refractivity contribution in [3.63, 3.8) is 0 Å². The number of nitrogens with one attached hydrogen (secondary N) is 1. The van der Waals surface area contributed by atoms with E-state index in [-0.39, 0.29) is 11.6 Å². The summed E-state index contributed by atoms with van der Waals surface area (Å²) in [7, 11) is 1.53. The van der Waals surface area contributed by atoms with Gasteiger partial charge in [0.25, 0.3) is 5.91 Å². The smallest absolute Gasteiger partial charge is 0.275 e. The van der Waals surface area contributed by atoms with E-state index in [4.69, 9.17) is 16.3 Å². The van der Waals surface area contributed by atoms with E-state index >= 15 is 0 Å². The lowest BCUT2D eigenvalue weighted by molar-refractivity contribution is 0.102. The topological polar surface area (TPSA) is 64.1 Å². The second kappa shape index (κ2) is 7.11. The van der Waals surface area contributed by atoms with Crippen LogP contribution in [0.5, 0.6) is 5.75 Å². The molecule has 0 saturated carbocycles. The zero-order valence-electron chi connectivity index (χ0n) is 11.2. The summed E-state index contributed by atoms with van der Waals surface area (Å²) in [6.45, 7) is 0. The lowest BCUT2D eigenvalue weighted by atomic mass is 10.3. The Morgan fingerprint density at radius 1 is 1.48 bits per heavy atom. The summed E-state index contributed by atoms with van der Waals surface area (Å²) in [4.78, 5) is 20.5. The minimum atomic E-state index is -0.346. The van der Waals surface area contributed by atoms with E-state index < -0.39 is 0 Å². The average molecular weight is 389 g/mol. The average Bonchev–Trinajstić information content (AvgIpc) is 2.48. The Labute approximate surface area is 139 Å². The lowest BCUT2D eigenvalue weighted by Gasteiger charge is -2.09. The van der Waals surface area contributed by atoms with Crippen LogP contribution in [-0.4, -0.2) is 29.2 Å². The van der Waals surface area contributed by atoms with E-state index in [1.807, 2.05) is 6.26 Å². The monoisotopic (exact) mass is 387 g/mol. The van der Waals surface area contributed by atoms with Gasteiger partial charge in [-0.25, -0.2) is 9.97 Å². The Morgan fingerprint density at radius 2 is 2.24 bits per heavy atom. The van der Waals surface area contributed by atoms with E-state index in [1.54, 1.807) is 24.4 Å². The van der Waals surface area contributed by atoms with Gasteiger partial charge in [0.15, 0.2) is 5.16 Å². The maximum absolute atomic E-state index is 12.3. The molecular formula is C13H11BrClN3O2S. The molecule has 0 aliphatic carbocycles. The molecule has 0 atom stereocenters. The van der Waals surface area contributed by atoms with Gasteiger partial charge in [0.1, 0.15) is 11.4 Å². The summed E-state index contributed by atoms with van der Waals surface area (Å²) < 4.78 is 5.59. The van der Waals surface area contributed by atoms with Crippen LogP contribution < -0.4 is 10.1 Å². The van der Waals surface area contributed by atoms with Gasteiger partial charge in [0.05, 0.1) is 16.6 Å². The van der Waals surface area contributed by atoms with Crippen molar-refractivity contribution in [2.75, 3.05) is 18.7 Å². The number of rotatable bonds is 4. The maximum atomic E-state index is 12.3. The number of benzene rings is 1. The molecule has 2 aromatic rings. The van der Waals surface area contributed by atoms with Crippen molar-refractivity contribution in [3.8, 4) is 5.75 Å². The highest BCUT2D eigenvalue weighted by Gasteiger charge is 2.14. The first kappa shape index (κ1) is 16.1. The van der Waals surface area contributed by atoms with Gasteiger partial charge in [-0.05, 0) is 40.4 Å². The van der Waals surface area contributed by atoms with Crippen LogP contribution in [0.3, 0.4) is 0 Å². The van der Waals surface area contributed by atoms with Crippen LogP contribution in [-0.2, 0) is 0 Å². The van der Waals surface area contributed by atoms with Crippen molar-refractivity contribution >= 4 is 50.9 Å². The highest BCUT2D eigenvalue weighted by atomic mass is 79.9. The van der Waals surface area contributed by atoms with Gasteiger partial charge in [-0.1, -0.05) is 23.4 Å². The third-order valence-electron chi connectivity index (χ3n) is 2.53. The van der Waals surface area contributed by atoms with Crippen LogP contribution in [0.4, 0.5) is 5.69 Å². The van der Waals surface area contributed by atoms with E-state index in [0.717, 1.165) is 0 Å². The van der Waals surface area contributed by atoms with E-state index in [9.17, 15) is 4.79 Å². The van der Waals surface area contributed by atoms with Crippen molar-refractivity contribution < 1.29 is 9.53 Å². The Balaban J connectivity index is 2.23. The molecule has 2 rings (SSSR count). The zero-order valence-corrected chi connectivity index (χ0v) is 14.3. The second-order valence-corrected chi connectivity index (χ2v) is 5.89. The third kappa shape index (κ3) is 3.87. The first-order valence-electron chi connectivity index (χ1n) is 5.76. The fraction of sp³-hybridized carbons (Fsp3) is 0.154. The first-order valence-corrected chi connectivity index (χ1v) is 8.16. The number of anilines is 1. The summed E-state index contributed by atoms with van der Waals surface area (Å²) in [6, 6.07) is 5.00. The molecule has 5 nitrogen and oxygen atoms in total. The number of hydrogen-bond acceptors (Lipinski definition) is 5. The first-order chi connectivity index (χ1) is 10.0. The molecule has 0 bridgehead atoms. The van der Waals surface area contributed by atoms with Crippen LogP contribution in [0, 0.1) is 0 Å². The van der Waals surface area contributed by atoms with Gasteiger partial charge in [-0.15, -0.1) is 0 Å². The molecule has 0 aliphatic heterocycles. The number of halogens is 2. The van der Waals surface area contributed by atoms with Crippen molar-refractivity contribution in [2.24, 2.45) is 0 Å². The molecule has 0 aliphatic rings. The van der Waals surface area contributed by atoms with Crippen LogP contribution >= 0.6 is 39.3 Å². The summed E-state index contributed by atoms with van der Waals surface area (Å²) in [5.41, 5.74) is 0.823. The van der Waals surface area contributed by atoms with Crippen LogP contribution in [0.1, 0.15) is 10.5 Å². The summed E-state index contributed by atoms with van der Waals surface area (Å²) in [5, 5.41) is 3.68. The number of hydrogen-bond donors (Lipinski definition) is 1. The molecule has 0 radical (unpaired) electrons. The molecule has 0 fully saturated rings. The molecule has 1 N–H and O–H groups in total. The van der Waals surface area contributed by atoms with E-state index in [2.05, 4.69) is 31.2 Å². The number of aromatic nitrogens is 2. The maximum Gasteiger partial charge on any atom is 0.275 e. The molecule has 1 amide bonds. The number of amides is 1. The van der Waals surface area contributed by atoms with Gasteiger partial charge in [-0.2, -0.15) is 0 Å². The molecule has 8 heteroatoms. The number of ether oxygens (including phenoxy) is 1. The van der Waals surface area contributed by atoms with Gasteiger partial charge in [0, 0.05) is 11.9 Å². The second-order valence-electron chi connectivity index (χ2n) is 3.86. The number of thioether (sulfide) groups is 1. The summed E-state index contributed by atoms with van der Waals surface area (Å²) >= 11 is 10.7. The molecule has 0 unspecified atom stereocenters. The van der Waals surface area contributed by atoms with Crippen LogP contribution in [0.15, 0.2) is 34.0 Å². The predicted molar refractivity (Wildman–Crippen MR) is 87.5 cm³/mol. The molecular weight excluding hydrogens is 378 g/mol. The molecule has 1 aromatic heterocycles. The quantitative estimate of drug-likeness (QED) is 0.636. The van der Waals surface area contributed by atoms with Crippen molar-refractivity contribution in [3.05, 3.63) is 39.6 Å². The lowest BCUT2D eigenvalue weighted by Crippen LogP contribution is -2.15. The van der Waals surface area contributed by atoms with Crippen LogP contribution in [0.2, 0.25) is 5.02 Å². The zero-order chi connectivity index (χ0) is 15.4. The molecule has 1 heterocycles. The SMILES string of the molecule is COc1ccc(NC(=O)c2nc(SC)ncc2Br)cc1Cl. The Morgan fingerprint density at radius 3 is 2.86 bits per heavy atom. The number of carbonyl (C=O) groups is 1. The molecule has 1 aromatic carbocycles. The number of nitrogens with zero attached hydrogens (tertiary/aromatic N) is 2. The highest BCUT2D eigenvalue weighted by Crippen LogP contribution is 2.27. The highest BCUT2D eigenvalue weighted by molar-refractivity contribution is 9.10. The third-order valence-corrected chi connectivity index (χ3v) is 3.97. The number of carbonyl (C=O) groups excluding carboxylic acids is 1. The fourth-order valence-corrected chi connectivity index (χ4v) is 2.51. The predicted octanol–water partition coefficient (Wildman–Crippen LogP) is 3.88. The fourth-order valence-electron chi connectivity index (χ4n) is 1.54. The largest absolute Gasteiger partial charge is 0.495 e. The van der Waals surface area contributed by atoms with Gasteiger partial charge in [0.2, 0.25) is 0 Å². The van der Waals surface area contributed by atoms with E-state index in [1.165, 1.54) is 18.9 Å². The van der Waals surface area contributed by atoms with E-state index in [0.29, 0.717) is 26.1 Å². The molecule has 0 spiro atoms. The minimum Gasteiger partial charge on any atom is -0.495 e.